The maximum atomic E-state index is 13.5. The highest BCUT2D eigenvalue weighted by molar-refractivity contribution is 5.99. The monoisotopic (exact) mass is 689 g/mol. The minimum Gasteiger partial charge on any atom is -0.453 e. The predicted molar refractivity (Wildman–Crippen MR) is 187 cm³/mol. The lowest BCUT2D eigenvalue weighted by molar-refractivity contribution is -0.139. The molecule has 5 rings (SSSR count). The number of fused-ring (bicyclic) bond motifs is 1. The lowest BCUT2D eigenvalue weighted by Gasteiger charge is -2.30. The Morgan fingerprint density at radius 2 is 1.34 bits per heavy atom. The molecule has 2 aliphatic heterocycles. The largest absolute Gasteiger partial charge is 0.453 e. The van der Waals surface area contributed by atoms with Crippen LogP contribution in [0, 0.1) is 11.8 Å². The molecule has 0 bridgehead atoms. The number of anilines is 1. The number of likely N-dealkylation sites (tertiary alicyclic amines) is 2. The molecule has 14 nitrogen and oxygen atoms in total. The van der Waals surface area contributed by atoms with Crippen molar-refractivity contribution >= 4 is 46.6 Å². The van der Waals surface area contributed by atoms with E-state index in [1.165, 1.54) is 14.2 Å². The molecule has 3 aromatic rings. The van der Waals surface area contributed by atoms with Crippen LogP contribution in [-0.2, 0) is 23.9 Å². The molecule has 0 spiro atoms. The van der Waals surface area contributed by atoms with Crippen LogP contribution in [0.25, 0.3) is 22.2 Å². The summed E-state index contributed by atoms with van der Waals surface area (Å²) in [5.74, 6) is -0.367. The second-order valence-corrected chi connectivity index (χ2v) is 13.5. The van der Waals surface area contributed by atoms with Crippen LogP contribution in [0.4, 0.5) is 15.3 Å². The van der Waals surface area contributed by atoms with Crippen LogP contribution in [0.1, 0.15) is 65.2 Å². The fraction of sp³-hybridized carbons (Fsp3) is 0.500. The molecule has 0 saturated carbocycles. The first-order valence-electron chi connectivity index (χ1n) is 17.1. The molecule has 3 heterocycles. The number of aromatic amines is 1. The number of carbonyl (C=O) groups is 5. The number of H-pyrrole nitrogens is 1. The number of nitrogens with zero attached hydrogens (tertiary/aromatic N) is 3. The molecular formula is C36H47N7O7. The number of imidazole rings is 1. The molecule has 5 amide bonds. The molecule has 4 atom stereocenters. The number of amides is 5. The number of hydrogen-bond acceptors (Lipinski definition) is 8. The lowest BCUT2D eigenvalue weighted by atomic mass is 10.0. The maximum Gasteiger partial charge on any atom is 0.407 e. The van der Waals surface area contributed by atoms with Crippen LogP contribution in [-0.4, -0.2) is 95.1 Å². The van der Waals surface area contributed by atoms with Crippen LogP contribution in [0.3, 0.4) is 0 Å². The summed E-state index contributed by atoms with van der Waals surface area (Å²) in [7, 11) is 2.52. The van der Waals surface area contributed by atoms with Gasteiger partial charge >= 0.3 is 12.2 Å². The zero-order valence-corrected chi connectivity index (χ0v) is 29.4. The number of ether oxygens (including phenoxy) is 2. The average molecular weight is 690 g/mol. The van der Waals surface area contributed by atoms with Gasteiger partial charge in [-0.2, -0.15) is 0 Å². The first-order valence-corrected chi connectivity index (χ1v) is 17.1. The Morgan fingerprint density at radius 3 is 1.94 bits per heavy atom. The van der Waals surface area contributed by atoms with Gasteiger partial charge in [-0.3, -0.25) is 14.4 Å². The van der Waals surface area contributed by atoms with Gasteiger partial charge in [-0.15, -0.1) is 0 Å². The van der Waals surface area contributed by atoms with Gasteiger partial charge in [-0.25, -0.2) is 14.6 Å². The first-order chi connectivity index (χ1) is 23.9. The van der Waals surface area contributed by atoms with E-state index in [-0.39, 0.29) is 35.6 Å². The van der Waals surface area contributed by atoms with Gasteiger partial charge < -0.3 is 40.2 Å². The van der Waals surface area contributed by atoms with Gasteiger partial charge in [0, 0.05) is 18.8 Å². The summed E-state index contributed by atoms with van der Waals surface area (Å²) in [5.41, 5.74) is 4.08. The molecule has 50 heavy (non-hydrogen) atoms. The summed E-state index contributed by atoms with van der Waals surface area (Å²) in [6.07, 6.45) is 1.46. The van der Waals surface area contributed by atoms with E-state index in [0.29, 0.717) is 37.4 Å². The molecular weight excluding hydrogens is 642 g/mol. The van der Waals surface area contributed by atoms with E-state index in [0.717, 1.165) is 35.0 Å². The molecule has 0 radical (unpaired) electrons. The summed E-state index contributed by atoms with van der Waals surface area (Å²) >= 11 is 0. The predicted octanol–water partition coefficient (Wildman–Crippen LogP) is 4.58. The number of benzene rings is 2. The molecule has 14 heteroatoms. The molecule has 0 unspecified atom stereocenters. The number of alkyl carbamates (subject to hydrolysis) is 2. The van der Waals surface area contributed by atoms with Crippen LogP contribution in [0.5, 0.6) is 0 Å². The zero-order valence-electron chi connectivity index (χ0n) is 29.4. The number of rotatable bonds is 10. The average Bonchev–Trinajstić information content (AvgIpc) is 3.88. The third kappa shape index (κ3) is 7.84. The molecule has 268 valence electrons. The van der Waals surface area contributed by atoms with E-state index in [4.69, 9.17) is 9.72 Å². The zero-order chi connectivity index (χ0) is 36.1. The maximum absolute atomic E-state index is 13.5. The van der Waals surface area contributed by atoms with Crippen molar-refractivity contribution in [3.63, 3.8) is 0 Å². The highest BCUT2D eigenvalue weighted by Gasteiger charge is 2.39. The highest BCUT2D eigenvalue weighted by atomic mass is 16.5. The minimum absolute atomic E-state index is 0.123. The van der Waals surface area contributed by atoms with Crippen molar-refractivity contribution in [3.05, 3.63) is 48.3 Å². The third-order valence-corrected chi connectivity index (χ3v) is 9.46. The molecule has 2 aromatic carbocycles. The molecule has 2 fully saturated rings. The number of nitrogens with one attached hydrogen (secondary N) is 4. The van der Waals surface area contributed by atoms with Crippen molar-refractivity contribution in [2.75, 3.05) is 32.6 Å². The van der Waals surface area contributed by atoms with Gasteiger partial charge in [-0.1, -0.05) is 45.9 Å². The summed E-state index contributed by atoms with van der Waals surface area (Å²) < 4.78 is 9.43. The molecule has 4 N–H and O–H groups in total. The smallest absolute Gasteiger partial charge is 0.407 e. The first kappa shape index (κ1) is 36.1. The second kappa shape index (κ2) is 15.6. The Balaban J connectivity index is 1.26. The van der Waals surface area contributed by atoms with Crippen LogP contribution >= 0.6 is 0 Å². The van der Waals surface area contributed by atoms with Crippen molar-refractivity contribution < 1.29 is 33.4 Å². The molecule has 1 aromatic heterocycles. The summed E-state index contributed by atoms with van der Waals surface area (Å²) in [5, 5.41) is 8.23. The summed E-state index contributed by atoms with van der Waals surface area (Å²) in [6.45, 7) is 8.43. The van der Waals surface area contributed by atoms with Gasteiger partial charge in [0.1, 0.15) is 23.9 Å². The van der Waals surface area contributed by atoms with Crippen molar-refractivity contribution in [3.8, 4) is 11.1 Å². The Hall–Kier alpha value is -5.14. The van der Waals surface area contributed by atoms with Gasteiger partial charge in [0.2, 0.25) is 17.7 Å². The Morgan fingerprint density at radius 1 is 0.780 bits per heavy atom. The highest BCUT2D eigenvalue weighted by Crippen LogP contribution is 2.34. The second-order valence-electron chi connectivity index (χ2n) is 13.5. The minimum atomic E-state index is -0.800. The van der Waals surface area contributed by atoms with Crippen molar-refractivity contribution in [2.24, 2.45) is 11.8 Å². The van der Waals surface area contributed by atoms with Crippen LogP contribution < -0.4 is 16.0 Å². The van der Waals surface area contributed by atoms with Crippen molar-refractivity contribution in [2.45, 2.75) is 77.5 Å². The fourth-order valence-corrected chi connectivity index (χ4v) is 6.71. The Bertz CT molecular complexity index is 1720. The van der Waals surface area contributed by atoms with Crippen LogP contribution in [0.15, 0.2) is 42.5 Å². The molecule has 0 aliphatic carbocycles. The quantitative estimate of drug-likeness (QED) is 0.239. The van der Waals surface area contributed by atoms with Crippen molar-refractivity contribution in [1.82, 2.24) is 30.4 Å². The van der Waals surface area contributed by atoms with Gasteiger partial charge in [-0.05, 0) is 72.9 Å². The van der Waals surface area contributed by atoms with E-state index in [9.17, 15) is 24.0 Å². The number of aromatic nitrogens is 2. The van der Waals surface area contributed by atoms with Crippen molar-refractivity contribution in [1.29, 1.82) is 0 Å². The number of hydrogen-bond donors (Lipinski definition) is 4. The van der Waals surface area contributed by atoms with E-state index in [2.05, 4.69) is 25.7 Å². The number of methoxy groups -OCH3 is 2. The topological polar surface area (TPSA) is 175 Å². The van der Waals surface area contributed by atoms with E-state index < -0.39 is 30.3 Å². The van der Waals surface area contributed by atoms with Gasteiger partial charge in [0.15, 0.2) is 0 Å². The van der Waals surface area contributed by atoms with E-state index in [1.54, 1.807) is 9.80 Å². The third-order valence-electron chi connectivity index (χ3n) is 9.46. The van der Waals surface area contributed by atoms with Crippen LogP contribution in [0.2, 0.25) is 0 Å². The van der Waals surface area contributed by atoms with E-state index in [1.807, 2.05) is 70.2 Å². The summed E-state index contributed by atoms with van der Waals surface area (Å²) in [6, 6.07) is 11.0. The Kier molecular flexibility index (Phi) is 11.3. The number of carbonyl (C=O) groups excluding carboxylic acids is 5. The fourth-order valence-electron chi connectivity index (χ4n) is 6.71. The summed E-state index contributed by atoms with van der Waals surface area (Å²) in [4.78, 5) is 75.6. The standard InChI is InChI=1S/C36H47N7O7/c1-20(2)29(40-35(47)49-5)33(45)42-17-7-9-27(42)31-38-25-16-13-23(19-26(25)39-31)22-11-14-24(15-12-22)37-32(44)28-10-8-18-43(28)34(46)30(21(3)4)41-36(48)50-6/h11-16,19-21,27-30H,7-10,17-18H2,1-6H3,(H,37,44)(H,38,39)(H,40,47)(H,41,48)/t27-,28-,29-,30-/m0/s1. The van der Waals surface area contributed by atoms with Gasteiger partial charge in [0.05, 0.1) is 31.3 Å². The molecule has 2 saturated heterocycles. The normalized spacial score (nSPS) is 18.6. The Labute approximate surface area is 291 Å². The SMILES string of the molecule is COC(=O)N[C@H](C(=O)N1CCC[C@H]1C(=O)Nc1ccc(-c2ccc3nc([C@@H]4CCCN4C(=O)[C@@H](NC(=O)OC)C(C)C)[nH]c3c2)cc1)C(C)C. The van der Waals surface area contributed by atoms with Gasteiger partial charge in [0.25, 0.3) is 0 Å². The van der Waals surface area contributed by atoms with E-state index >= 15 is 0 Å². The molecule has 2 aliphatic rings. The lowest BCUT2D eigenvalue weighted by Crippen LogP contribution is -2.54.